The molecule has 8 heteroatoms. The number of carbonyl (C=O) groups excluding carboxylic acids is 1. The van der Waals surface area contributed by atoms with Crippen LogP contribution in [-0.4, -0.2) is 40.8 Å². The number of sulfonamides is 1. The molecule has 0 fully saturated rings. The van der Waals surface area contributed by atoms with E-state index in [0.717, 1.165) is 0 Å². The van der Waals surface area contributed by atoms with Crippen molar-refractivity contribution in [3.8, 4) is 11.5 Å². The smallest absolute Gasteiger partial charge is 0.306 e. The highest BCUT2D eigenvalue weighted by atomic mass is 32.2. The van der Waals surface area contributed by atoms with Gasteiger partial charge in [0.15, 0.2) is 11.5 Å². The van der Waals surface area contributed by atoms with Gasteiger partial charge in [0.05, 0.1) is 4.90 Å². The van der Waals surface area contributed by atoms with Gasteiger partial charge in [-0.05, 0) is 25.5 Å². The average molecular weight is 355 g/mol. The molecule has 0 aromatic heterocycles. The first kappa shape index (κ1) is 18.3. The Morgan fingerprint density at radius 2 is 2.04 bits per heavy atom. The van der Waals surface area contributed by atoms with Crippen LogP contribution in [-0.2, 0) is 19.6 Å². The summed E-state index contributed by atoms with van der Waals surface area (Å²) in [5.41, 5.74) is 0. The Balaban J connectivity index is 1.82. The zero-order chi connectivity index (χ0) is 17.4. The molecule has 0 atom stereocenters. The van der Waals surface area contributed by atoms with E-state index in [1.807, 2.05) is 6.92 Å². The van der Waals surface area contributed by atoms with E-state index < -0.39 is 10.0 Å². The van der Waals surface area contributed by atoms with Gasteiger partial charge in [-0.2, -0.15) is 0 Å². The standard InChI is InChI=1S/C16H21NO6S/c1-2-3-9-23-16(18)5-4-8-17-24(19,20)13-6-7-14-15(12-13)22-11-10-21-14/h2-3,6-7,12,17H,4-5,8-11H2,1H3/b3-2+. The maximum absolute atomic E-state index is 12.2. The van der Waals surface area contributed by atoms with Crippen molar-refractivity contribution in [3.05, 3.63) is 30.4 Å². The summed E-state index contributed by atoms with van der Waals surface area (Å²) in [6.07, 6.45) is 4.02. The van der Waals surface area contributed by atoms with E-state index in [2.05, 4.69) is 4.72 Å². The number of rotatable bonds is 8. The Labute approximate surface area is 141 Å². The molecule has 7 nitrogen and oxygen atoms in total. The second-order valence-electron chi connectivity index (χ2n) is 5.06. The molecule has 0 saturated heterocycles. The first-order valence-corrected chi connectivity index (χ1v) is 9.17. The van der Waals surface area contributed by atoms with Crippen LogP contribution in [0.1, 0.15) is 19.8 Å². The van der Waals surface area contributed by atoms with Gasteiger partial charge in [-0.1, -0.05) is 12.2 Å². The van der Waals surface area contributed by atoms with E-state index in [1.54, 1.807) is 18.2 Å². The molecule has 132 valence electrons. The van der Waals surface area contributed by atoms with Crippen LogP contribution in [0, 0.1) is 0 Å². The third-order valence-corrected chi connectivity index (χ3v) is 4.71. The van der Waals surface area contributed by atoms with Crippen LogP contribution in [0.4, 0.5) is 0 Å². The van der Waals surface area contributed by atoms with Gasteiger partial charge in [0.1, 0.15) is 19.8 Å². The fraction of sp³-hybridized carbons (Fsp3) is 0.438. The normalized spacial score (nSPS) is 13.9. The number of fused-ring (bicyclic) bond motifs is 1. The first-order chi connectivity index (χ1) is 11.5. The van der Waals surface area contributed by atoms with Gasteiger partial charge in [0.25, 0.3) is 0 Å². The topological polar surface area (TPSA) is 90.9 Å². The minimum atomic E-state index is -3.66. The average Bonchev–Trinajstić information content (AvgIpc) is 2.58. The number of ether oxygens (including phenoxy) is 3. The summed E-state index contributed by atoms with van der Waals surface area (Å²) in [6.45, 7) is 3.05. The third-order valence-electron chi connectivity index (χ3n) is 3.25. The Morgan fingerprint density at radius 1 is 1.29 bits per heavy atom. The van der Waals surface area contributed by atoms with Gasteiger partial charge in [-0.25, -0.2) is 13.1 Å². The molecule has 24 heavy (non-hydrogen) atoms. The van der Waals surface area contributed by atoms with Crippen LogP contribution in [0.3, 0.4) is 0 Å². The Bertz CT molecular complexity index is 699. The Morgan fingerprint density at radius 3 is 2.79 bits per heavy atom. The number of allylic oxidation sites excluding steroid dienone is 1. The monoisotopic (exact) mass is 355 g/mol. The zero-order valence-corrected chi connectivity index (χ0v) is 14.3. The third kappa shape index (κ3) is 5.24. The minimum absolute atomic E-state index is 0.0995. The summed E-state index contributed by atoms with van der Waals surface area (Å²) in [5, 5.41) is 0. The summed E-state index contributed by atoms with van der Waals surface area (Å²) < 4.78 is 42.6. The summed E-state index contributed by atoms with van der Waals surface area (Å²) in [7, 11) is -3.66. The van der Waals surface area contributed by atoms with Crippen molar-refractivity contribution in [3.63, 3.8) is 0 Å². The number of hydrogen-bond acceptors (Lipinski definition) is 6. The van der Waals surface area contributed by atoms with Crippen molar-refractivity contribution in [2.45, 2.75) is 24.7 Å². The molecule has 0 unspecified atom stereocenters. The molecule has 1 heterocycles. The second-order valence-corrected chi connectivity index (χ2v) is 6.83. The lowest BCUT2D eigenvalue weighted by Crippen LogP contribution is -2.25. The highest BCUT2D eigenvalue weighted by molar-refractivity contribution is 7.89. The molecular formula is C16H21NO6S. The summed E-state index contributed by atoms with van der Waals surface area (Å²) >= 11 is 0. The van der Waals surface area contributed by atoms with Gasteiger partial charge >= 0.3 is 5.97 Å². The number of hydrogen-bond donors (Lipinski definition) is 1. The van der Waals surface area contributed by atoms with E-state index in [0.29, 0.717) is 31.1 Å². The van der Waals surface area contributed by atoms with E-state index in [1.165, 1.54) is 12.1 Å². The van der Waals surface area contributed by atoms with Gasteiger partial charge in [0, 0.05) is 19.0 Å². The number of carbonyl (C=O) groups is 1. The van der Waals surface area contributed by atoms with E-state index in [-0.39, 0.29) is 30.4 Å². The molecule has 0 spiro atoms. The Hall–Kier alpha value is -2.06. The molecule has 0 aliphatic carbocycles. The molecule has 0 radical (unpaired) electrons. The summed E-state index contributed by atoms with van der Waals surface area (Å²) in [6, 6.07) is 4.46. The van der Waals surface area contributed by atoms with E-state index in [9.17, 15) is 13.2 Å². The lowest BCUT2D eigenvalue weighted by molar-refractivity contribution is -0.142. The second kappa shape index (κ2) is 8.70. The Kier molecular flexibility index (Phi) is 6.62. The van der Waals surface area contributed by atoms with E-state index in [4.69, 9.17) is 14.2 Å². The van der Waals surface area contributed by atoms with Crippen LogP contribution in [0.25, 0.3) is 0 Å². The summed E-state index contributed by atoms with van der Waals surface area (Å²) in [5.74, 6) is 0.590. The largest absolute Gasteiger partial charge is 0.486 e. The van der Waals surface area contributed by atoms with Crippen molar-refractivity contribution in [2.75, 3.05) is 26.4 Å². The fourth-order valence-corrected chi connectivity index (χ4v) is 3.11. The highest BCUT2D eigenvalue weighted by Crippen LogP contribution is 2.32. The first-order valence-electron chi connectivity index (χ1n) is 7.69. The molecule has 1 N–H and O–H groups in total. The van der Waals surface area contributed by atoms with Gasteiger partial charge in [-0.3, -0.25) is 4.79 Å². The maximum Gasteiger partial charge on any atom is 0.306 e. The van der Waals surface area contributed by atoms with Gasteiger partial charge < -0.3 is 14.2 Å². The molecule has 1 aromatic rings. The molecular weight excluding hydrogens is 334 g/mol. The zero-order valence-electron chi connectivity index (χ0n) is 13.5. The number of nitrogens with one attached hydrogen (secondary N) is 1. The van der Waals surface area contributed by atoms with Crippen molar-refractivity contribution in [2.24, 2.45) is 0 Å². The van der Waals surface area contributed by atoms with Crippen LogP contribution < -0.4 is 14.2 Å². The van der Waals surface area contributed by atoms with Crippen molar-refractivity contribution >= 4 is 16.0 Å². The van der Waals surface area contributed by atoms with Crippen molar-refractivity contribution in [1.29, 1.82) is 0 Å². The van der Waals surface area contributed by atoms with Crippen LogP contribution in [0.15, 0.2) is 35.2 Å². The molecule has 1 aliphatic rings. The molecule has 1 aromatic carbocycles. The molecule has 1 aliphatic heterocycles. The van der Waals surface area contributed by atoms with Gasteiger partial charge in [-0.15, -0.1) is 0 Å². The van der Waals surface area contributed by atoms with E-state index >= 15 is 0 Å². The van der Waals surface area contributed by atoms with Crippen LogP contribution in [0.2, 0.25) is 0 Å². The van der Waals surface area contributed by atoms with Crippen LogP contribution in [0.5, 0.6) is 11.5 Å². The summed E-state index contributed by atoms with van der Waals surface area (Å²) in [4.78, 5) is 11.5. The molecule has 0 amide bonds. The minimum Gasteiger partial charge on any atom is -0.486 e. The molecule has 2 rings (SSSR count). The highest BCUT2D eigenvalue weighted by Gasteiger charge is 2.19. The lowest BCUT2D eigenvalue weighted by Gasteiger charge is -2.18. The predicted octanol–water partition coefficient (Wildman–Crippen LogP) is 1.64. The maximum atomic E-state index is 12.2. The van der Waals surface area contributed by atoms with Crippen LogP contribution >= 0.6 is 0 Å². The van der Waals surface area contributed by atoms with Crippen molar-refractivity contribution in [1.82, 2.24) is 4.72 Å². The number of benzene rings is 1. The molecule has 0 saturated carbocycles. The lowest BCUT2D eigenvalue weighted by atomic mass is 10.3. The number of esters is 1. The van der Waals surface area contributed by atoms with Gasteiger partial charge in [0.2, 0.25) is 10.0 Å². The SMILES string of the molecule is C/C=C/COC(=O)CCCNS(=O)(=O)c1ccc2c(c1)OCCO2. The quantitative estimate of drug-likeness (QED) is 0.433. The molecule has 0 bridgehead atoms. The predicted molar refractivity (Wildman–Crippen MR) is 87.6 cm³/mol. The fourth-order valence-electron chi connectivity index (χ4n) is 2.02. The van der Waals surface area contributed by atoms with Crippen molar-refractivity contribution < 1.29 is 27.4 Å².